The van der Waals surface area contributed by atoms with Crippen LogP contribution in [0.5, 0.6) is 5.75 Å². The van der Waals surface area contributed by atoms with Gasteiger partial charge >= 0.3 is 5.97 Å². The Morgan fingerprint density at radius 1 is 1.26 bits per heavy atom. The first-order chi connectivity index (χ1) is 18.4. The Morgan fingerprint density at radius 2 is 2.05 bits per heavy atom. The molecule has 1 aliphatic heterocycles. The summed E-state index contributed by atoms with van der Waals surface area (Å²) in [7, 11) is 1.55. The number of aliphatic hydroxyl groups excluding tert-OH is 1. The van der Waals surface area contributed by atoms with E-state index in [4.69, 9.17) is 21.1 Å². The van der Waals surface area contributed by atoms with Gasteiger partial charge in [-0.25, -0.2) is 8.78 Å². The summed E-state index contributed by atoms with van der Waals surface area (Å²) in [4.78, 5) is 17.2. The van der Waals surface area contributed by atoms with Crippen molar-refractivity contribution in [2.75, 3.05) is 20.2 Å². The van der Waals surface area contributed by atoms with Gasteiger partial charge < -0.3 is 19.9 Å². The van der Waals surface area contributed by atoms with Gasteiger partial charge in [-0.2, -0.15) is 0 Å². The molecule has 9 heteroatoms. The van der Waals surface area contributed by atoms with E-state index in [0.29, 0.717) is 46.6 Å². The molecule has 2 heterocycles. The predicted molar refractivity (Wildman–Crippen MR) is 140 cm³/mol. The quantitative estimate of drug-likeness (QED) is 0.354. The van der Waals surface area contributed by atoms with Crippen LogP contribution in [0.1, 0.15) is 55.3 Å². The zero-order valence-corrected chi connectivity index (χ0v) is 21.9. The first-order valence-electron chi connectivity index (χ1n) is 13.0. The number of hydrogen-bond donors (Lipinski definition) is 2. The number of aliphatic hydroxyl groups is 1. The number of carbonyl (C=O) groups is 1. The number of methoxy groups -OCH3 is 1. The maximum absolute atomic E-state index is 14.7. The van der Waals surface area contributed by atoms with Crippen LogP contribution >= 0.6 is 11.6 Å². The number of benzene rings is 2. The lowest BCUT2D eigenvalue weighted by molar-refractivity contribution is -0.166. The van der Waals surface area contributed by atoms with E-state index in [1.807, 2.05) is 0 Å². The molecule has 0 spiro atoms. The summed E-state index contributed by atoms with van der Waals surface area (Å²) in [6.45, 7) is 1.44. The third-order valence-electron chi connectivity index (χ3n) is 7.92. The van der Waals surface area contributed by atoms with Crippen molar-refractivity contribution in [3.8, 4) is 5.75 Å². The number of halogens is 3. The van der Waals surface area contributed by atoms with Crippen molar-refractivity contribution in [3.63, 3.8) is 0 Å². The molecule has 2 N–H and O–H groups in total. The van der Waals surface area contributed by atoms with Gasteiger partial charge in [0.1, 0.15) is 23.5 Å². The molecule has 2 fully saturated rings. The summed E-state index contributed by atoms with van der Waals surface area (Å²) >= 11 is 6.47. The minimum Gasteiger partial charge on any atom is -0.497 e. The second kappa shape index (κ2) is 11.5. The van der Waals surface area contributed by atoms with Gasteiger partial charge in [-0.15, -0.1) is 0 Å². The fourth-order valence-corrected chi connectivity index (χ4v) is 6.09. The minimum absolute atomic E-state index is 0.00996. The van der Waals surface area contributed by atoms with E-state index in [1.165, 1.54) is 24.4 Å². The van der Waals surface area contributed by atoms with E-state index in [9.17, 15) is 18.7 Å². The number of aromatic nitrogens is 1. The molecule has 6 nitrogen and oxygen atoms in total. The highest BCUT2D eigenvalue weighted by molar-refractivity contribution is 6.32. The zero-order chi connectivity index (χ0) is 26.8. The van der Waals surface area contributed by atoms with Crippen molar-refractivity contribution in [2.24, 2.45) is 11.8 Å². The van der Waals surface area contributed by atoms with Crippen LogP contribution in [0.4, 0.5) is 8.78 Å². The Morgan fingerprint density at radius 3 is 2.76 bits per heavy atom. The van der Waals surface area contributed by atoms with E-state index in [2.05, 4.69) is 10.3 Å². The monoisotopic (exact) mass is 544 g/mol. The molecule has 0 radical (unpaired) electrons. The molecule has 2 aliphatic rings. The SMILES string of the molecule is COc1ccc2ncc(Cl)c(C(O)CC[C@H]3C(OC(=O)C4CCCNC4)C[C@H]3c3c(F)cccc3F)c2c1. The van der Waals surface area contributed by atoms with Crippen molar-refractivity contribution < 1.29 is 28.2 Å². The number of fused-ring (bicyclic) bond motifs is 1. The number of piperidine rings is 1. The van der Waals surface area contributed by atoms with E-state index < -0.39 is 29.8 Å². The Hall–Kier alpha value is -2.81. The Labute approximate surface area is 225 Å². The van der Waals surface area contributed by atoms with Crippen molar-refractivity contribution in [3.05, 3.63) is 70.4 Å². The molecule has 0 amide bonds. The van der Waals surface area contributed by atoms with Crippen LogP contribution in [0, 0.1) is 23.5 Å². The molecule has 5 atom stereocenters. The van der Waals surface area contributed by atoms with E-state index in [0.717, 1.165) is 19.4 Å². The molecule has 5 rings (SSSR count). The summed E-state index contributed by atoms with van der Waals surface area (Å²) in [6.07, 6.45) is 2.67. The predicted octanol–water partition coefficient (Wildman–Crippen LogP) is 5.70. The van der Waals surface area contributed by atoms with Gasteiger partial charge in [-0.05, 0) is 74.9 Å². The van der Waals surface area contributed by atoms with Gasteiger partial charge in [0, 0.05) is 35.2 Å². The van der Waals surface area contributed by atoms with Crippen LogP contribution < -0.4 is 10.1 Å². The van der Waals surface area contributed by atoms with Crippen molar-refractivity contribution in [1.82, 2.24) is 10.3 Å². The summed E-state index contributed by atoms with van der Waals surface area (Å²) in [6, 6.07) is 9.17. The number of hydrogen-bond acceptors (Lipinski definition) is 6. The summed E-state index contributed by atoms with van der Waals surface area (Å²) in [5.41, 5.74) is 1.19. The second-order valence-corrected chi connectivity index (χ2v) is 10.6. The highest BCUT2D eigenvalue weighted by atomic mass is 35.5. The maximum atomic E-state index is 14.7. The third kappa shape index (κ3) is 5.35. The Kier molecular flexibility index (Phi) is 8.12. The topological polar surface area (TPSA) is 80.7 Å². The number of pyridine rings is 1. The third-order valence-corrected chi connectivity index (χ3v) is 8.22. The minimum atomic E-state index is -0.967. The maximum Gasteiger partial charge on any atom is 0.310 e. The summed E-state index contributed by atoms with van der Waals surface area (Å²) in [5, 5.41) is 15.4. The summed E-state index contributed by atoms with van der Waals surface area (Å²) < 4.78 is 40.6. The molecule has 1 saturated carbocycles. The fraction of sp³-hybridized carbons (Fsp3) is 0.448. The fourth-order valence-electron chi connectivity index (χ4n) is 5.81. The number of ether oxygens (including phenoxy) is 2. The lowest BCUT2D eigenvalue weighted by Gasteiger charge is -2.45. The van der Waals surface area contributed by atoms with Crippen molar-refractivity contribution >= 4 is 28.5 Å². The number of carbonyl (C=O) groups excluding carboxylic acids is 1. The zero-order valence-electron chi connectivity index (χ0n) is 21.1. The molecular formula is C29H31ClF2N2O4. The average molecular weight is 545 g/mol. The van der Waals surface area contributed by atoms with E-state index in [-0.39, 0.29) is 29.8 Å². The smallest absolute Gasteiger partial charge is 0.310 e. The number of nitrogens with one attached hydrogen (secondary N) is 1. The molecular weight excluding hydrogens is 514 g/mol. The van der Waals surface area contributed by atoms with Crippen molar-refractivity contribution in [1.29, 1.82) is 0 Å². The number of rotatable bonds is 8. The molecule has 2 aromatic carbocycles. The highest BCUT2D eigenvalue weighted by Crippen LogP contribution is 2.49. The molecule has 1 aliphatic carbocycles. The molecule has 0 bridgehead atoms. The first kappa shape index (κ1) is 26.8. The van der Waals surface area contributed by atoms with Gasteiger partial charge in [0.25, 0.3) is 0 Å². The normalized spacial score (nSPS) is 24.0. The number of esters is 1. The molecule has 202 valence electrons. The molecule has 3 unspecified atom stereocenters. The molecule has 38 heavy (non-hydrogen) atoms. The van der Waals surface area contributed by atoms with Crippen molar-refractivity contribution in [2.45, 2.75) is 50.2 Å². The Bertz CT molecular complexity index is 1300. The summed E-state index contributed by atoms with van der Waals surface area (Å²) in [5.74, 6) is -1.94. The van der Waals surface area contributed by atoms with Gasteiger partial charge in [-0.3, -0.25) is 9.78 Å². The van der Waals surface area contributed by atoms with Crippen LogP contribution in [-0.4, -0.2) is 42.4 Å². The van der Waals surface area contributed by atoms with Crippen LogP contribution in [0.3, 0.4) is 0 Å². The van der Waals surface area contributed by atoms with Gasteiger partial charge in [0.2, 0.25) is 0 Å². The van der Waals surface area contributed by atoms with E-state index in [1.54, 1.807) is 25.3 Å². The van der Waals surface area contributed by atoms with Crippen LogP contribution in [0.2, 0.25) is 5.02 Å². The van der Waals surface area contributed by atoms with E-state index >= 15 is 0 Å². The lowest BCUT2D eigenvalue weighted by atomic mass is 9.65. The van der Waals surface area contributed by atoms with Gasteiger partial charge in [0.05, 0.1) is 29.7 Å². The standard InChI is InChI=1S/C29H31ClF2N2O4/c1-37-17-7-9-24-20(12-17)27(21(30)15-34-24)25(35)10-8-18-19(28-22(31)5-2-6-23(28)32)13-26(18)38-29(36)16-4-3-11-33-14-16/h2,5-7,9,12,15-16,18-19,25-26,33,35H,3-4,8,10-11,13-14H2,1H3/t16?,18-,19-,25?,26?/m1/s1. The average Bonchev–Trinajstić information content (AvgIpc) is 2.91. The molecule has 1 saturated heterocycles. The second-order valence-electron chi connectivity index (χ2n) is 10.2. The van der Waals surface area contributed by atoms with Crippen LogP contribution in [0.15, 0.2) is 42.6 Å². The lowest BCUT2D eigenvalue weighted by Crippen LogP contribution is -2.46. The van der Waals surface area contributed by atoms with Gasteiger partial charge in [-0.1, -0.05) is 17.7 Å². The van der Waals surface area contributed by atoms with Gasteiger partial charge in [0.15, 0.2) is 0 Å². The highest BCUT2D eigenvalue weighted by Gasteiger charge is 2.47. The molecule has 1 aromatic heterocycles. The largest absolute Gasteiger partial charge is 0.497 e. The Balaban J connectivity index is 1.37. The first-order valence-corrected chi connectivity index (χ1v) is 13.4. The molecule has 3 aromatic rings. The number of nitrogens with zero attached hydrogens (tertiary/aromatic N) is 1. The van der Waals surface area contributed by atoms with Crippen LogP contribution in [-0.2, 0) is 9.53 Å². The van der Waals surface area contributed by atoms with Crippen LogP contribution in [0.25, 0.3) is 10.9 Å².